The molecule has 3 aromatic rings. The summed E-state index contributed by atoms with van der Waals surface area (Å²) in [6.45, 7) is 0. The maximum atomic E-state index is 12.5. The molecule has 0 amide bonds. The largest absolute Gasteiger partial charge is 0.497 e. The number of benzene rings is 2. The molecule has 3 N–H and O–H groups in total. The number of carbonyl (C=O) groups is 1. The van der Waals surface area contributed by atoms with Crippen molar-refractivity contribution in [3.8, 4) is 22.8 Å². The molecule has 5 rings (SSSR count). The molecule has 3 heterocycles. The number of carboxylic acids is 1. The fraction of sp³-hybridized carbons (Fsp3) is 0.200. The van der Waals surface area contributed by atoms with Gasteiger partial charge in [-0.05, 0) is 42.5 Å². The van der Waals surface area contributed by atoms with Gasteiger partial charge in [0.25, 0.3) is 0 Å². The predicted molar refractivity (Wildman–Crippen MR) is 103 cm³/mol. The van der Waals surface area contributed by atoms with Crippen LogP contribution in [-0.4, -0.2) is 28.4 Å². The van der Waals surface area contributed by atoms with Crippen molar-refractivity contribution in [2.75, 3.05) is 12.4 Å². The summed E-state index contributed by atoms with van der Waals surface area (Å²) in [5.41, 5.74) is 1.16. The molecule has 2 aromatic carbocycles. The molecule has 2 unspecified atom stereocenters. The van der Waals surface area contributed by atoms with Gasteiger partial charge in [-0.15, -0.1) is 0 Å². The van der Waals surface area contributed by atoms with Gasteiger partial charge in [-0.2, -0.15) is 5.10 Å². The van der Waals surface area contributed by atoms with Crippen LogP contribution in [0, 0.1) is 0 Å². The molecule has 28 heavy (non-hydrogen) atoms. The number of carboxylic acid groups (broad SMARTS) is 1. The Labute approximate surface area is 165 Å². The van der Waals surface area contributed by atoms with Crippen molar-refractivity contribution in [3.63, 3.8) is 0 Å². The number of aromatic amines is 1. The highest BCUT2D eigenvalue weighted by molar-refractivity contribution is 6.30. The monoisotopic (exact) mass is 397 g/mol. The van der Waals surface area contributed by atoms with Crippen molar-refractivity contribution >= 4 is 23.4 Å². The second-order valence-corrected chi connectivity index (χ2v) is 7.30. The number of fused-ring (bicyclic) bond motifs is 6. The van der Waals surface area contributed by atoms with E-state index in [9.17, 15) is 9.90 Å². The number of methoxy groups -OCH3 is 1. The molecule has 142 valence electrons. The lowest BCUT2D eigenvalue weighted by atomic mass is 9.78. The van der Waals surface area contributed by atoms with Crippen LogP contribution >= 0.6 is 11.6 Å². The minimum absolute atomic E-state index is 0.228. The second kappa shape index (κ2) is 5.90. The topological polar surface area (TPSA) is 96.5 Å². The first-order chi connectivity index (χ1) is 13.5. The summed E-state index contributed by atoms with van der Waals surface area (Å²) >= 11 is 6.13. The van der Waals surface area contributed by atoms with E-state index in [-0.39, 0.29) is 12.5 Å². The Hall–Kier alpha value is -3.19. The van der Waals surface area contributed by atoms with Crippen molar-refractivity contribution in [1.29, 1.82) is 0 Å². The standard InChI is InChI=1S/C20H16ClN3O4/c1-27-12-5-2-10(3-6-12)17-16-18(24-23-17)22-14-9-20(16,19(25)26)28-15-7-4-11(21)8-13(14)15/h2-8,14H,9H2,1H3,(H,25,26)(H2,22,23,24). The van der Waals surface area contributed by atoms with Crippen molar-refractivity contribution in [2.45, 2.75) is 18.1 Å². The quantitative estimate of drug-likeness (QED) is 0.618. The number of nitrogens with one attached hydrogen (secondary N) is 2. The maximum absolute atomic E-state index is 12.5. The molecule has 1 aromatic heterocycles. The first kappa shape index (κ1) is 16.9. The predicted octanol–water partition coefficient (Wildman–Crippen LogP) is 3.97. The van der Waals surface area contributed by atoms with Crippen molar-refractivity contribution in [2.24, 2.45) is 0 Å². The zero-order chi connectivity index (χ0) is 19.5. The van der Waals surface area contributed by atoms with E-state index in [0.717, 1.165) is 11.1 Å². The molecule has 8 heteroatoms. The van der Waals surface area contributed by atoms with E-state index in [1.54, 1.807) is 25.3 Å². The lowest BCUT2D eigenvalue weighted by molar-refractivity contribution is -0.159. The van der Waals surface area contributed by atoms with Gasteiger partial charge in [-0.25, -0.2) is 4.79 Å². The maximum Gasteiger partial charge on any atom is 0.353 e. The number of ether oxygens (including phenoxy) is 2. The van der Waals surface area contributed by atoms with Gasteiger partial charge in [-0.1, -0.05) is 11.6 Å². The second-order valence-electron chi connectivity index (χ2n) is 6.87. The molecule has 2 aliphatic heterocycles. The smallest absolute Gasteiger partial charge is 0.353 e. The SMILES string of the molecule is COc1ccc(-c2[nH]nc3c2C2(C(=O)O)CC(N3)c3cc(Cl)ccc3O2)cc1. The Morgan fingerprint density at radius 3 is 2.82 bits per heavy atom. The van der Waals surface area contributed by atoms with E-state index in [1.807, 2.05) is 24.3 Å². The van der Waals surface area contributed by atoms with Crippen molar-refractivity contribution < 1.29 is 19.4 Å². The Bertz CT molecular complexity index is 1100. The normalized spacial score (nSPS) is 21.7. The fourth-order valence-corrected chi connectivity index (χ4v) is 4.18. The fourth-order valence-electron chi connectivity index (χ4n) is 4.00. The van der Waals surface area contributed by atoms with Crippen LogP contribution in [0.1, 0.15) is 23.6 Å². The van der Waals surface area contributed by atoms with Gasteiger partial charge in [0.15, 0.2) is 5.82 Å². The van der Waals surface area contributed by atoms with Gasteiger partial charge in [0, 0.05) is 22.6 Å². The van der Waals surface area contributed by atoms with Crippen LogP contribution < -0.4 is 14.8 Å². The highest BCUT2D eigenvalue weighted by Crippen LogP contribution is 2.53. The number of aliphatic carboxylic acids is 1. The molecule has 7 nitrogen and oxygen atoms in total. The molecule has 2 atom stereocenters. The van der Waals surface area contributed by atoms with E-state index in [0.29, 0.717) is 33.6 Å². The van der Waals surface area contributed by atoms with Crippen LogP contribution in [0.25, 0.3) is 11.3 Å². The summed E-state index contributed by atoms with van der Waals surface area (Å²) in [6.07, 6.45) is 0.228. The Morgan fingerprint density at radius 2 is 2.11 bits per heavy atom. The summed E-state index contributed by atoms with van der Waals surface area (Å²) in [4.78, 5) is 12.5. The van der Waals surface area contributed by atoms with Gasteiger partial charge in [0.05, 0.1) is 24.4 Å². The number of rotatable bonds is 3. The third-order valence-corrected chi connectivity index (χ3v) is 5.56. The summed E-state index contributed by atoms with van der Waals surface area (Å²) in [7, 11) is 1.59. The third kappa shape index (κ3) is 2.29. The minimum atomic E-state index is -1.55. The van der Waals surface area contributed by atoms with E-state index in [4.69, 9.17) is 21.1 Å². The van der Waals surface area contributed by atoms with E-state index in [2.05, 4.69) is 15.5 Å². The van der Waals surface area contributed by atoms with Crippen LogP contribution in [0.2, 0.25) is 5.02 Å². The third-order valence-electron chi connectivity index (χ3n) is 5.33. The van der Waals surface area contributed by atoms with E-state index in [1.165, 1.54) is 0 Å². The molecular weight excluding hydrogens is 382 g/mol. The van der Waals surface area contributed by atoms with Crippen LogP contribution in [-0.2, 0) is 10.4 Å². The molecular formula is C20H16ClN3O4. The number of nitrogens with zero attached hydrogens (tertiary/aromatic N) is 1. The van der Waals surface area contributed by atoms with Gasteiger partial charge in [-0.3, -0.25) is 5.10 Å². The first-order valence-electron chi connectivity index (χ1n) is 8.73. The average Bonchev–Trinajstić information content (AvgIpc) is 3.13. The first-order valence-corrected chi connectivity index (χ1v) is 9.11. The average molecular weight is 398 g/mol. The zero-order valence-corrected chi connectivity index (χ0v) is 15.6. The van der Waals surface area contributed by atoms with Crippen LogP contribution in [0.15, 0.2) is 42.5 Å². The van der Waals surface area contributed by atoms with Crippen LogP contribution in [0.3, 0.4) is 0 Å². The summed E-state index contributed by atoms with van der Waals surface area (Å²) in [5.74, 6) is 0.623. The number of H-pyrrole nitrogens is 1. The number of halogens is 1. The van der Waals surface area contributed by atoms with Gasteiger partial charge in [0.2, 0.25) is 5.60 Å². The number of aromatic nitrogens is 2. The Morgan fingerprint density at radius 1 is 1.32 bits per heavy atom. The summed E-state index contributed by atoms with van der Waals surface area (Å²) in [6, 6.07) is 12.3. The van der Waals surface area contributed by atoms with Crippen molar-refractivity contribution in [1.82, 2.24) is 10.2 Å². The highest BCUT2D eigenvalue weighted by atomic mass is 35.5. The Balaban J connectivity index is 1.69. The van der Waals surface area contributed by atoms with Gasteiger partial charge >= 0.3 is 5.97 Å². The molecule has 2 aliphatic rings. The van der Waals surface area contributed by atoms with Crippen LogP contribution in [0.5, 0.6) is 11.5 Å². The Kier molecular flexibility index (Phi) is 3.57. The zero-order valence-electron chi connectivity index (χ0n) is 14.8. The van der Waals surface area contributed by atoms with Gasteiger partial charge < -0.3 is 19.9 Å². The van der Waals surface area contributed by atoms with Crippen molar-refractivity contribution in [3.05, 3.63) is 58.6 Å². The van der Waals surface area contributed by atoms with E-state index >= 15 is 0 Å². The van der Waals surface area contributed by atoms with Crippen LogP contribution in [0.4, 0.5) is 5.82 Å². The summed E-state index contributed by atoms with van der Waals surface area (Å²) < 4.78 is 11.3. The molecule has 2 bridgehead atoms. The highest BCUT2D eigenvalue weighted by Gasteiger charge is 2.55. The molecule has 0 radical (unpaired) electrons. The number of hydrogen-bond acceptors (Lipinski definition) is 5. The molecule has 0 aliphatic carbocycles. The lowest BCUT2D eigenvalue weighted by Crippen LogP contribution is -2.49. The van der Waals surface area contributed by atoms with Gasteiger partial charge in [0.1, 0.15) is 11.5 Å². The summed E-state index contributed by atoms with van der Waals surface area (Å²) in [5, 5.41) is 21.4. The minimum Gasteiger partial charge on any atom is -0.497 e. The molecule has 0 saturated carbocycles. The number of anilines is 1. The number of hydrogen-bond donors (Lipinski definition) is 3. The molecule has 0 fully saturated rings. The molecule has 0 spiro atoms. The van der Waals surface area contributed by atoms with E-state index < -0.39 is 11.6 Å². The molecule has 0 saturated heterocycles. The lowest BCUT2D eigenvalue weighted by Gasteiger charge is -2.43.